The summed E-state index contributed by atoms with van der Waals surface area (Å²) >= 11 is 10.4. The smallest absolute Gasteiger partial charge is 0.277 e. The molecule has 1 amide bonds. The molecule has 3 aromatic rings. The van der Waals surface area contributed by atoms with Gasteiger partial charge in [-0.1, -0.05) is 41.9 Å². The highest BCUT2D eigenvalue weighted by atomic mass is 127. The van der Waals surface area contributed by atoms with E-state index in [0.29, 0.717) is 17.4 Å². The van der Waals surface area contributed by atoms with Crippen LogP contribution >= 0.6 is 56.8 Å². The molecule has 0 radical (unpaired) electrons. The minimum absolute atomic E-state index is 0.103. The van der Waals surface area contributed by atoms with E-state index in [0.717, 1.165) is 24.0 Å². The molecule has 0 fully saturated rings. The third-order valence-electron chi connectivity index (χ3n) is 3.83. The average molecular weight is 647 g/mol. The number of carbonyl (C=O) groups excluding carboxylic acids is 1. The predicted molar refractivity (Wildman–Crippen MR) is 135 cm³/mol. The summed E-state index contributed by atoms with van der Waals surface area (Å²) in [4.78, 5) is 11.9. The van der Waals surface area contributed by atoms with E-state index in [9.17, 15) is 4.79 Å². The lowest BCUT2D eigenvalue weighted by Crippen LogP contribution is -2.24. The van der Waals surface area contributed by atoms with Crippen LogP contribution in [0.4, 0.5) is 0 Å². The molecule has 0 aliphatic rings. The van der Waals surface area contributed by atoms with E-state index in [1.807, 2.05) is 54.6 Å². The lowest BCUT2D eigenvalue weighted by Gasteiger charge is -2.11. The number of hydrazone groups is 1. The first-order valence-corrected chi connectivity index (χ1v) is 11.4. The molecule has 0 bridgehead atoms. The maximum absolute atomic E-state index is 11.9. The number of nitrogens with one attached hydrogen (secondary N) is 1. The number of nitrogens with zero attached hydrogens (tertiary/aromatic N) is 1. The normalized spacial score (nSPS) is 10.8. The Bertz CT molecular complexity index is 1010. The van der Waals surface area contributed by atoms with Gasteiger partial charge in [-0.25, -0.2) is 5.43 Å². The van der Waals surface area contributed by atoms with Crippen molar-refractivity contribution < 1.29 is 14.3 Å². The van der Waals surface area contributed by atoms with Crippen LogP contribution in [0.1, 0.15) is 11.1 Å². The molecule has 8 heteroatoms. The molecular weight excluding hydrogens is 630 g/mol. The molecule has 0 saturated carbocycles. The van der Waals surface area contributed by atoms with Gasteiger partial charge in [0, 0.05) is 5.02 Å². The largest absolute Gasteiger partial charge is 0.487 e. The van der Waals surface area contributed by atoms with Gasteiger partial charge in [-0.3, -0.25) is 4.79 Å². The van der Waals surface area contributed by atoms with Gasteiger partial charge in [0.25, 0.3) is 5.91 Å². The maximum Gasteiger partial charge on any atom is 0.277 e. The van der Waals surface area contributed by atoms with Crippen LogP contribution in [-0.2, 0) is 11.4 Å². The number of amides is 1. The number of halogens is 3. The lowest BCUT2D eigenvalue weighted by atomic mass is 10.2. The summed E-state index contributed by atoms with van der Waals surface area (Å²) in [7, 11) is 0. The fourth-order valence-corrected chi connectivity index (χ4v) is 4.66. The summed E-state index contributed by atoms with van der Waals surface area (Å²) in [5, 5.41) is 4.70. The Balaban J connectivity index is 1.53. The number of rotatable bonds is 8. The highest BCUT2D eigenvalue weighted by molar-refractivity contribution is 14.1. The van der Waals surface area contributed by atoms with Gasteiger partial charge in [0.2, 0.25) is 0 Å². The van der Waals surface area contributed by atoms with Crippen molar-refractivity contribution in [3.8, 4) is 11.5 Å². The minimum atomic E-state index is -0.331. The molecule has 0 aliphatic carbocycles. The Morgan fingerprint density at radius 1 is 1.00 bits per heavy atom. The van der Waals surface area contributed by atoms with Crippen LogP contribution in [0.2, 0.25) is 5.02 Å². The highest BCUT2D eigenvalue weighted by Crippen LogP contribution is 2.29. The van der Waals surface area contributed by atoms with Gasteiger partial charge < -0.3 is 9.47 Å². The number of benzene rings is 3. The summed E-state index contributed by atoms with van der Waals surface area (Å²) in [6, 6.07) is 20.6. The lowest BCUT2D eigenvalue weighted by molar-refractivity contribution is -0.123. The highest BCUT2D eigenvalue weighted by Gasteiger charge is 2.09. The second-order valence-electron chi connectivity index (χ2n) is 6.12. The van der Waals surface area contributed by atoms with Gasteiger partial charge in [-0.2, -0.15) is 5.10 Å². The van der Waals surface area contributed by atoms with Crippen LogP contribution in [0.25, 0.3) is 0 Å². The third-order valence-corrected chi connectivity index (χ3v) is 5.69. The Hall–Kier alpha value is -1.85. The zero-order valence-electron chi connectivity index (χ0n) is 15.6. The van der Waals surface area contributed by atoms with Crippen LogP contribution in [0, 0.1) is 7.14 Å². The molecule has 0 atom stereocenters. The zero-order chi connectivity index (χ0) is 21.3. The van der Waals surface area contributed by atoms with Gasteiger partial charge in [-0.15, -0.1) is 0 Å². The van der Waals surface area contributed by atoms with Gasteiger partial charge >= 0.3 is 0 Å². The molecule has 3 rings (SSSR count). The number of ether oxygens (including phenoxy) is 2. The van der Waals surface area contributed by atoms with Crippen LogP contribution in [-0.4, -0.2) is 18.7 Å². The van der Waals surface area contributed by atoms with E-state index in [1.54, 1.807) is 18.3 Å². The Morgan fingerprint density at radius 2 is 1.67 bits per heavy atom. The van der Waals surface area contributed by atoms with Gasteiger partial charge in [0.15, 0.2) is 6.61 Å². The van der Waals surface area contributed by atoms with E-state index in [2.05, 4.69) is 55.7 Å². The predicted octanol–water partition coefficient (Wildman–Crippen LogP) is 5.66. The summed E-state index contributed by atoms with van der Waals surface area (Å²) in [5.74, 6) is 1.11. The molecule has 0 saturated heterocycles. The zero-order valence-corrected chi connectivity index (χ0v) is 20.7. The fourth-order valence-electron chi connectivity index (χ4n) is 2.40. The van der Waals surface area contributed by atoms with Crippen LogP contribution < -0.4 is 14.9 Å². The fraction of sp³-hybridized carbons (Fsp3) is 0.0909. The average Bonchev–Trinajstić information content (AvgIpc) is 2.74. The molecule has 3 aromatic carbocycles. The van der Waals surface area contributed by atoms with Crippen molar-refractivity contribution in [2.45, 2.75) is 6.61 Å². The number of carbonyl (C=O) groups is 1. The molecular formula is C22H17ClI2N2O3. The van der Waals surface area contributed by atoms with E-state index in [4.69, 9.17) is 21.1 Å². The van der Waals surface area contributed by atoms with E-state index in [1.165, 1.54) is 0 Å². The molecule has 5 nitrogen and oxygen atoms in total. The van der Waals surface area contributed by atoms with Crippen molar-refractivity contribution in [1.29, 1.82) is 0 Å². The SMILES string of the molecule is O=C(COc1ccccc1)N/N=C\c1cc(I)c(OCc2ccc(Cl)cc2)c(I)c1. The molecule has 0 aromatic heterocycles. The molecule has 0 aliphatic heterocycles. The summed E-state index contributed by atoms with van der Waals surface area (Å²) in [6.07, 6.45) is 1.59. The molecule has 1 N–H and O–H groups in total. The number of hydrogen-bond acceptors (Lipinski definition) is 4. The molecule has 0 spiro atoms. The van der Waals surface area contributed by atoms with Gasteiger partial charge in [-0.05, 0) is 92.7 Å². The number of para-hydroxylation sites is 1. The summed E-state index contributed by atoms with van der Waals surface area (Å²) in [6.45, 7) is 0.349. The molecule has 0 unspecified atom stereocenters. The van der Waals surface area contributed by atoms with Crippen molar-refractivity contribution in [3.63, 3.8) is 0 Å². The first-order valence-electron chi connectivity index (χ1n) is 8.87. The second kappa shape index (κ2) is 11.5. The minimum Gasteiger partial charge on any atom is -0.487 e. The van der Waals surface area contributed by atoms with Crippen molar-refractivity contribution in [2.75, 3.05) is 6.61 Å². The van der Waals surface area contributed by atoms with E-state index in [-0.39, 0.29) is 12.5 Å². The van der Waals surface area contributed by atoms with Crippen LogP contribution in [0.5, 0.6) is 11.5 Å². The Kier molecular flexibility index (Phi) is 8.76. The van der Waals surface area contributed by atoms with Crippen molar-refractivity contribution in [3.05, 3.63) is 90.0 Å². The number of hydrogen-bond donors (Lipinski definition) is 1. The maximum atomic E-state index is 11.9. The second-order valence-corrected chi connectivity index (χ2v) is 8.88. The van der Waals surface area contributed by atoms with Gasteiger partial charge in [0.1, 0.15) is 18.1 Å². The summed E-state index contributed by atoms with van der Waals surface area (Å²) < 4.78 is 13.3. The van der Waals surface area contributed by atoms with Crippen molar-refractivity contribution in [2.24, 2.45) is 5.10 Å². The quantitative estimate of drug-likeness (QED) is 0.195. The first kappa shape index (κ1) is 22.8. The monoisotopic (exact) mass is 646 g/mol. The van der Waals surface area contributed by atoms with Crippen molar-refractivity contribution in [1.82, 2.24) is 5.43 Å². The molecule has 154 valence electrons. The topological polar surface area (TPSA) is 59.9 Å². The van der Waals surface area contributed by atoms with E-state index >= 15 is 0 Å². The van der Waals surface area contributed by atoms with Crippen LogP contribution in [0.15, 0.2) is 71.8 Å². The Morgan fingerprint density at radius 3 is 2.33 bits per heavy atom. The first-order chi connectivity index (χ1) is 14.5. The standard InChI is InChI=1S/C22H17ClI2N2O3/c23-17-8-6-15(7-9-17)13-30-22-19(24)10-16(11-20(22)25)12-26-27-21(28)14-29-18-4-2-1-3-5-18/h1-12H,13-14H2,(H,27,28)/b26-12-. The molecule has 30 heavy (non-hydrogen) atoms. The molecule has 0 heterocycles. The van der Waals surface area contributed by atoms with Crippen LogP contribution in [0.3, 0.4) is 0 Å². The Labute approximate surface area is 207 Å². The third kappa shape index (κ3) is 7.13. The van der Waals surface area contributed by atoms with Crippen molar-refractivity contribution >= 4 is 68.9 Å². The summed E-state index contributed by atoms with van der Waals surface area (Å²) in [5.41, 5.74) is 4.36. The van der Waals surface area contributed by atoms with E-state index < -0.39 is 0 Å². The van der Waals surface area contributed by atoms with Gasteiger partial charge in [0.05, 0.1) is 13.4 Å².